The molecule has 0 aliphatic heterocycles. The van der Waals surface area contributed by atoms with E-state index in [1.165, 1.54) is 127 Å². The summed E-state index contributed by atoms with van der Waals surface area (Å²) in [6.45, 7) is 0. The van der Waals surface area contributed by atoms with Crippen molar-refractivity contribution in [2.75, 3.05) is 80.8 Å². The number of carbonyl (C=O) groups is 4. The zero-order valence-electron chi connectivity index (χ0n) is 34.7. The van der Waals surface area contributed by atoms with Gasteiger partial charge in [-0.1, -0.05) is 0 Å². The molecule has 60 heavy (non-hydrogen) atoms. The fourth-order valence-electron chi connectivity index (χ4n) is 5.99. The Kier molecular flexibility index (Phi) is 13.9. The molecule has 0 aliphatic rings. The highest BCUT2D eigenvalue weighted by molar-refractivity contribution is 6.08. The molecule has 16 nitrogen and oxygen atoms in total. The predicted octanol–water partition coefficient (Wildman–Crippen LogP) is 6.75. The molecule has 5 aromatic rings. The maximum Gasteiger partial charge on any atom is 0.351 e. The fraction of sp³-hybridized carbons (Fsp3) is 0.227. The largest absolute Gasteiger partial charge is 0.496 e. The molecule has 0 bridgehead atoms. The number of carbonyl (C=O) groups excluding carboxylic acids is 4. The second-order valence-electron chi connectivity index (χ2n) is 12.6. The van der Waals surface area contributed by atoms with E-state index >= 15 is 0 Å². The van der Waals surface area contributed by atoms with Crippen LogP contribution in [0, 0.1) is 0 Å². The van der Waals surface area contributed by atoms with Crippen LogP contribution < -0.4 is 57.2 Å². The number of nitrogens with zero attached hydrogens (tertiary/aromatic N) is 2. The predicted molar refractivity (Wildman–Crippen MR) is 220 cm³/mol. The van der Waals surface area contributed by atoms with Gasteiger partial charge < -0.3 is 57.2 Å². The van der Waals surface area contributed by atoms with Crippen molar-refractivity contribution in [3.8, 4) is 57.5 Å². The lowest BCUT2D eigenvalue weighted by Gasteiger charge is -2.21. The number of ether oxygens (including phenoxy) is 10. The lowest BCUT2D eigenvalue weighted by atomic mass is 10.1. The number of rotatable bonds is 16. The highest BCUT2D eigenvalue weighted by Gasteiger charge is 2.26. The van der Waals surface area contributed by atoms with Gasteiger partial charge in [0.2, 0.25) is 0 Å². The molecule has 0 N–H and O–H groups in total. The van der Waals surface area contributed by atoms with Gasteiger partial charge in [-0.15, -0.1) is 0 Å². The Morgan fingerprint density at radius 3 is 1.17 bits per heavy atom. The average Bonchev–Trinajstić information content (AvgIpc) is 3.29. The monoisotopic (exact) mass is 824 g/mol. The molecule has 0 atom stereocenters. The number of benzene rings is 5. The first-order valence-corrected chi connectivity index (χ1v) is 17.9. The van der Waals surface area contributed by atoms with Gasteiger partial charge in [0.1, 0.15) is 34.1 Å². The van der Waals surface area contributed by atoms with E-state index in [9.17, 15) is 19.2 Å². The van der Waals surface area contributed by atoms with Crippen molar-refractivity contribution in [3.63, 3.8) is 0 Å². The zero-order valence-corrected chi connectivity index (χ0v) is 34.7. The van der Waals surface area contributed by atoms with Gasteiger partial charge >= 0.3 is 11.9 Å². The van der Waals surface area contributed by atoms with Crippen LogP contribution in [-0.4, -0.2) is 94.7 Å². The molecule has 2 amide bonds. The third kappa shape index (κ3) is 9.07. The van der Waals surface area contributed by atoms with Crippen molar-refractivity contribution < 1.29 is 66.5 Å². The zero-order chi connectivity index (χ0) is 43.7. The summed E-state index contributed by atoms with van der Waals surface area (Å²) in [7, 11) is 14.5. The van der Waals surface area contributed by atoms with Gasteiger partial charge in [-0.3, -0.25) is 9.59 Å². The Morgan fingerprint density at radius 2 is 0.767 bits per heavy atom. The summed E-state index contributed by atoms with van der Waals surface area (Å²) in [5, 5.41) is 0. The Morgan fingerprint density at radius 1 is 0.383 bits per heavy atom. The van der Waals surface area contributed by atoms with Gasteiger partial charge in [0.05, 0.1) is 56.9 Å². The quantitative estimate of drug-likeness (QED) is 0.0757. The smallest absolute Gasteiger partial charge is 0.351 e. The standard InChI is InChI=1S/C44H44N2O14/c1-45(41(47)25-11-17-31(34(19-25)53-5)59-43(49)30-23-36(55-7)37(56-8)24-33(30)52-4)27-13-15-28(16-14-27)46(2)42(48)26-12-18-32(35(20-26)54-6)60-44(50)40-38(57-9)21-29(51-3)22-39(40)58-10/h11-24H,1-10H3. The highest BCUT2D eigenvalue weighted by atomic mass is 16.6. The van der Waals surface area contributed by atoms with Crippen molar-refractivity contribution in [2.24, 2.45) is 0 Å². The molecule has 0 spiro atoms. The summed E-state index contributed by atoms with van der Waals surface area (Å²) in [5.41, 5.74) is 1.66. The van der Waals surface area contributed by atoms with Gasteiger partial charge in [-0.25, -0.2) is 9.59 Å². The van der Waals surface area contributed by atoms with E-state index in [1.807, 2.05) is 0 Å². The molecule has 0 saturated heterocycles. The summed E-state index contributed by atoms with van der Waals surface area (Å²) >= 11 is 0. The molecule has 0 heterocycles. The first-order chi connectivity index (χ1) is 28.9. The molecule has 0 aromatic heterocycles. The number of methoxy groups -OCH3 is 8. The van der Waals surface area contributed by atoms with E-state index in [-0.39, 0.29) is 74.3 Å². The van der Waals surface area contributed by atoms with Gasteiger partial charge in [0.25, 0.3) is 11.8 Å². The molecule has 5 rings (SSSR count). The van der Waals surface area contributed by atoms with Crippen LogP contribution in [0.2, 0.25) is 0 Å². The molecule has 0 radical (unpaired) electrons. The highest BCUT2D eigenvalue weighted by Crippen LogP contribution is 2.38. The van der Waals surface area contributed by atoms with E-state index in [2.05, 4.69) is 0 Å². The summed E-state index contributed by atoms with van der Waals surface area (Å²) in [5.74, 6) is -0.279. The minimum atomic E-state index is -0.783. The van der Waals surface area contributed by atoms with E-state index in [4.69, 9.17) is 47.4 Å². The molecule has 0 saturated carbocycles. The van der Waals surface area contributed by atoms with Crippen molar-refractivity contribution in [1.29, 1.82) is 0 Å². The van der Waals surface area contributed by atoms with Gasteiger partial charge in [0.15, 0.2) is 34.5 Å². The van der Waals surface area contributed by atoms with Gasteiger partial charge in [-0.2, -0.15) is 0 Å². The van der Waals surface area contributed by atoms with Crippen molar-refractivity contribution >= 4 is 35.1 Å². The number of esters is 2. The maximum atomic E-state index is 13.6. The van der Waals surface area contributed by atoms with Crippen molar-refractivity contribution in [3.05, 3.63) is 107 Å². The third-order valence-corrected chi connectivity index (χ3v) is 9.30. The minimum absolute atomic E-state index is 0.0312. The van der Waals surface area contributed by atoms with Crippen LogP contribution in [0.1, 0.15) is 41.4 Å². The van der Waals surface area contributed by atoms with Crippen LogP contribution in [-0.2, 0) is 0 Å². The van der Waals surface area contributed by atoms with Crippen LogP contribution in [0.4, 0.5) is 11.4 Å². The Bertz CT molecular complexity index is 2370. The molecule has 314 valence electrons. The van der Waals surface area contributed by atoms with E-state index in [0.29, 0.717) is 28.6 Å². The van der Waals surface area contributed by atoms with Crippen LogP contribution in [0.25, 0.3) is 0 Å². The lowest BCUT2D eigenvalue weighted by molar-refractivity contribution is 0.0714. The first kappa shape index (κ1) is 43.5. The van der Waals surface area contributed by atoms with Gasteiger partial charge in [0, 0.05) is 60.9 Å². The third-order valence-electron chi connectivity index (χ3n) is 9.30. The molecule has 0 fully saturated rings. The molecular formula is C44H44N2O14. The maximum absolute atomic E-state index is 13.6. The van der Waals surface area contributed by atoms with Crippen molar-refractivity contribution in [1.82, 2.24) is 0 Å². The summed E-state index contributed by atoms with van der Waals surface area (Å²) in [6.07, 6.45) is 0. The SMILES string of the molecule is COc1cc(OC)c(C(=O)Oc2ccc(C(=O)N(C)c3ccc(N(C)C(=O)c4ccc(OC(=O)c5cc(OC)c(OC)cc5OC)c(OC)c4)cc3)cc2OC)c(OC)c1. The second-order valence-corrected chi connectivity index (χ2v) is 12.6. The Hall–Kier alpha value is -7.62. The van der Waals surface area contributed by atoms with Gasteiger partial charge in [-0.05, 0) is 60.7 Å². The summed E-state index contributed by atoms with van der Waals surface area (Å²) in [4.78, 5) is 56.6. The number of hydrogen-bond donors (Lipinski definition) is 0. The molecular weight excluding hydrogens is 780 g/mol. The molecule has 0 aliphatic carbocycles. The van der Waals surface area contributed by atoms with Crippen LogP contribution in [0.3, 0.4) is 0 Å². The molecule has 5 aromatic carbocycles. The molecule has 16 heteroatoms. The van der Waals surface area contributed by atoms with E-state index in [1.54, 1.807) is 38.4 Å². The second kappa shape index (κ2) is 19.2. The lowest BCUT2D eigenvalue weighted by Crippen LogP contribution is -2.27. The number of amides is 2. The number of hydrogen-bond acceptors (Lipinski definition) is 14. The van der Waals surface area contributed by atoms with Crippen molar-refractivity contribution in [2.45, 2.75) is 0 Å². The van der Waals surface area contributed by atoms with E-state index in [0.717, 1.165) is 0 Å². The average molecular weight is 825 g/mol. The first-order valence-electron chi connectivity index (χ1n) is 17.9. The topological polar surface area (TPSA) is 167 Å². The summed E-state index contributed by atoms with van der Waals surface area (Å²) < 4.78 is 54.2. The number of anilines is 2. The van der Waals surface area contributed by atoms with E-state index < -0.39 is 11.9 Å². The Balaban J connectivity index is 1.28. The molecule has 0 unspecified atom stereocenters. The van der Waals surface area contributed by atoms with Crippen LogP contribution >= 0.6 is 0 Å². The fourth-order valence-corrected chi connectivity index (χ4v) is 5.99. The van der Waals surface area contributed by atoms with Crippen LogP contribution in [0.15, 0.2) is 84.9 Å². The normalized spacial score (nSPS) is 10.4. The minimum Gasteiger partial charge on any atom is -0.496 e. The van der Waals surface area contributed by atoms with Crippen LogP contribution in [0.5, 0.6) is 57.5 Å². The summed E-state index contributed by atoms with van der Waals surface area (Å²) in [6, 6.07) is 21.6. The Labute approximate surface area is 346 Å².